The molecular formula is C20H25N4S+. The van der Waals surface area contributed by atoms with Gasteiger partial charge in [-0.15, -0.1) is 11.3 Å². The lowest BCUT2D eigenvalue weighted by Crippen LogP contribution is -3.12. The maximum atomic E-state index is 4.67. The van der Waals surface area contributed by atoms with Gasteiger partial charge in [0.1, 0.15) is 17.0 Å². The van der Waals surface area contributed by atoms with Crippen LogP contribution in [0.3, 0.4) is 0 Å². The molecule has 3 heterocycles. The first kappa shape index (κ1) is 16.5. The maximum Gasteiger partial charge on any atom is 0.141 e. The van der Waals surface area contributed by atoms with E-state index in [9.17, 15) is 0 Å². The summed E-state index contributed by atoms with van der Waals surface area (Å²) in [7, 11) is 2.26. The Labute approximate surface area is 153 Å². The van der Waals surface area contributed by atoms with Crippen LogP contribution in [-0.2, 0) is 0 Å². The molecule has 0 saturated carbocycles. The highest BCUT2D eigenvalue weighted by Crippen LogP contribution is 2.38. The Balaban J connectivity index is 1.77. The van der Waals surface area contributed by atoms with Gasteiger partial charge in [0.2, 0.25) is 0 Å². The number of likely N-dealkylation sites (N-methyl/N-ethyl adjacent to an activating group) is 1. The summed E-state index contributed by atoms with van der Waals surface area (Å²) >= 11 is 1.72. The van der Waals surface area contributed by atoms with Crippen LogP contribution in [0.15, 0.2) is 36.0 Å². The maximum absolute atomic E-state index is 4.67. The zero-order valence-corrected chi connectivity index (χ0v) is 15.9. The average molecular weight is 354 g/mol. The minimum Gasteiger partial charge on any atom is -0.345 e. The highest BCUT2D eigenvalue weighted by Gasteiger charge is 2.22. The van der Waals surface area contributed by atoms with E-state index in [1.807, 2.05) is 0 Å². The van der Waals surface area contributed by atoms with E-state index in [4.69, 9.17) is 0 Å². The summed E-state index contributed by atoms with van der Waals surface area (Å²) in [5.74, 6) is 1.65. The van der Waals surface area contributed by atoms with E-state index in [1.165, 1.54) is 22.1 Å². The van der Waals surface area contributed by atoms with E-state index in [1.54, 1.807) is 22.6 Å². The van der Waals surface area contributed by atoms with Crippen molar-refractivity contribution in [1.29, 1.82) is 0 Å². The van der Waals surface area contributed by atoms with Crippen molar-refractivity contribution in [1.82, 2.24) is 9.97 Å². The summed E-state index contributed by atoms with van der Waals surface area (Å²) < 4.78 is 0. The molecule has 1 aromatic carbocycles. The minimum atomic E-state index is 0.556. The van der Waals surface area contributed by atoms with Gasteiger partial charge in [-0.3, -0.25) is 0 Å². The van der Waals surface area contributed by atoms with Crippen LogP contribution in [0.2, 0.25) is 0 Å². The molecule has 1 aliphatic heterocycles. The summed E-state index contributed by atoms with van der Waals surface area (Å²) in [5.41, 5.74) is 3.89. The second-order valence-electron chi connectivity index (χ2n) is 7.25. The Bertz CT molecular complexity index is 861. The van der Waals surface area contributed by atoms with Gasteiger partial charge >= 0.3 is 0 Å². The van der Waals surface area contributed by atoms with Crippen LogP contribution >= 0.6 is 11.3 Å². The smallest absolute Gasteiger partial charge is 0.141 e. The molecule has 0 atom stereocenters. The number of anilines is 1. The normalized spacial score (nSPS) is 16.1. The van der Waals surface area contributed by atoms with Crippen LogP contribution in [0.4, 0.5) is 5.82 Å². The Hall–Kier alpha value is -1.98. The van der Waals surface area contributed by atoms with Crippen molar-refractivity contribution in [3.8, 4) is 11.1 Å². The number of benzene rings is 1. The van der Waals surface area contributed by atoms with E-state index >= 15 is 0 Å². The second kappa shape index (κ2) is 6.73. The molecule has 0 radical (unpaired) electrons. The van der Waals surface area contributed by atoms with Crippen molar-refractivity contribution in [2.75, 3.05) is 38.1 Å². The average Bonchev–Trinajstić information content (AvgIpc) is 3.07. The van der Waals surface area contributed by atoms with Crippen molar-refractivity contribution in [3.63, 3.8) is 0 Å². The molecule has 130 valence electrons. The zero-order chi connectivity index (χ0) is 17.4. The number of fused-ring (bicyclic) bond motifs is 1. The fraction of sp³-hybridized carbons (Fsp3) is 0.400. The molecule has 5 heteroatoms. The van der Waals surface area contributed by atoms with E-state index in [-0.39, 0.29) is 0 Å². The monoisotopic (exact) mass is 353 g/mol. The van der Waals surface area contributed by atoms with Crippen LogP contribution < -0.4 is 9.80 Å². The molecule has 4 nitrogen and oxygen atoms in total. The fourth-order valence-electron chi connectivity index (χ4n) is 3.46. The van der Waals surface area contributed by atoms with Crippen molar-refractivity contribution in [3.05, 3.63) is 41.5 Å². The van der Waals surface area contributed by atoms with Gasteiger partial charge in [-0.1, -0.05) is 38.1 Å². The predicted octanol–water partition coefficient (Wildman–Crippen LogP) is 2.82. The number of quaternary nitrogens is 1. The van der Waals surface area contributed by atoms with Crippen LogP contribution in [0, 0.1) is 0 Å². The summed E-state index contributed by atoms with van der Waals surface area (Å²) in [4.78, 5) is 14.3. The topological polar surface area (TPSA) is 33.5 Å². The summed E-state index contributed by atoms with van der Waals surface area (Å²) in [6.07, 6.45) is 1.71. The fourth-order valence-corrected chi connectivity index (χ4v) is 4.37. The van der Waals surface area contributed by atoms with Crippen molar-refractivity contribution in [2.24, 2.45) is 0 Å². The molecule has 3 aromatic rings. The lowest BCUT2D eigenvalue weighted by molar-refractivity contribution is -0.880. The molecule has 0 aliphatic carbocycles. The van der Waals surface area contributed by atoms with Gasteiger partial charge in [-0.2, -0.15) is 0 Å². The lowest BCUT2D eigenvalue weighted by Gasteiger charge is -2.31. The van der Waals surface area contributed by atoms with Crippen LogP contribution in [0.5, 0.6) is 0 Å². The third-order valence-electron chi connectivity index (χ3n) is 5.16. The molecule has 1 aliphatic rings. The number of hydrogen-bond acceptors (Lipinski definition) is 4. The molecule has 2 aromatic heterocycles. The molecule has 0 bridgehead atoms. The molecule has 1 fully saturated rings. The van der Waals surface area contributed by atoms with Gasteiger partial charge < -0.3 is 9.80 Å². The predicted molar refractivity (Wildman–Crippen MR) is 106 cm³/mol. The molecule has 1 N–H and O–H groups in total. The van der Waals surface area contributed by atoms with Gasteiger partial charge in [0, 0.05) is 10.9 Å². The van der Waals surface area contributed by atoms with Crippen LogP contribution in [0.1, 0.15) is 25.3 Å². The molecule has 4 rings (SSSR count). The number of piperazine rings is 1. The third kappa shape index (κ3) is 3.14. The lowest BCUT2D eigenvalue weighted by atomic mass is 9.99. The Morgan fingerprint density at radius 3 is 2.48 bits per heavy atom. The van der Waals surface area contributed by atoms with Crippen molar-refractivity contribution < 1.29 is 4.90 Å². The molecule has 0 amide bonds. The van der Waals surface area contributed by atoms with Gasteiger partial charge in [0.25, 0.3) is 0 Å². The number of aromatic nitrogens is 2. The first-order chi connectivity index (χ1) is 12.1. The van der Waals surface area contributed by atoms with E-state index < -0.39 is 0 Å². The number of rotatable bonds is 3. The molecule has 1 saturated heterocycles. The largest absolute Gasteiger partial charge is 0.345 e. The highest BCUT2D eigenvalue weighted by atomic mass is 32.1. The Morgan fingerprint density at radius 1 is 1.08 bits per heavy atom. The summed E-state index contributed by atoms with van der Waals surface area (Å²) in [5, 5.41) is 3.44. The van der Waals surface area contributed by atoms with E-state index in [0.29, 0.717) is 5.92 Å². The standard InChI is InChI=1S/C20H24N4S/c1-14(2)15-4-6-16(7-5-15)17-12-25-20-18(17)19(21-13-22-20)24-10-8-23(3)9-11-24/h4-7,12-14H,8-11H2,1-3H3/p+1. The van der Waals surface area contributed by atoms with Crippen molar-refractivity contribution in [2.45, 2.75) is 19.8 Å². The second-order valence-corrected chi connectivity index (χ2v) is 8.11. The Kier molecular flexibility index (Phi) is 4.44. The van der Waals surface area contributed by atoms with E-state index in [2.05, 4.69) is 65.4 Å². The SMILES string of the molecule is CC(C)c1ccc(-c2csc3ncnc(N4CC[NH+](C)CC4)c23)cc1. The molecule has 0 unspecified atom stereocenters. The number of hydrogen-bond donors (Lipinski definition) is 1. The van der Waals surface area contributed by atoms with Gasteiger partial charge in [-0.05, 0) is 17.0 Å². The number of nitrogens with one attached hydrogen (secondary N) is 1. The third-order valence-corrected chi connectivity index (χ3v) is 6.04. The van der Waals surface area contributed by atoms with Gasteiger partial charge in [0.15, 0.2) is 0 Å². The van der Waals surface area contributed by atoms with Crippen LogP contribution in [0.25, 0.3) is 21.3 Å². The van der Waals surface area contributed by atoms with Crippen molar-refractivity contribution >= 4 is 27.4 Å². The highest BCUT2D eigenvalue weighted by molar-refractivity contribution is 7.17. The minimum absolute atomic E-state index is 0.556. The molecule has 0 spiro atoms. The Morgan fingerprint density at radius 2 is 1.80 bits per heavy atom. The van der Waals surface area contributed by atoms with E-state index in [0.717, 1.165) is 36.8 Å². The summed E-state index contributed by atoms with van der Waals surface area (Å²) in [6.45, 7) is 8.90. The molecule has 25 heavy (non-hydrogen) atoms. The number of nitrogens with zero attached hydrogens (tertiary/aromatic N) is 3. The number of thiophene rings is 1. The van der Waals surface area contributed by atoms with Crippen LogP contribution in [-0.4, -0.2) is 43.2 Å². The quantitative estimate of drug-likeness (QED) is 0.786. The zero-order valence-electron chi connectivity index (χ0n) is 15.1. The summed E-state index contributed by atoms with van der Waals surface area (Å²) in [6, 6.07) is 8.96. The first-order valence-corrected chi connectivity index (χ1v) is 9.90. The van der Waals surface area contributed by atoms with Gasteiger partial charge in [-0.25, -0.2) is 9.97 Å². The first-order valence-electron chi connectivity index (χ1n) is 9.02. The molecular weight excluding hydrogens is 328 g/mol. The van der Waals surface area contributed by atoms with Gasteiger partial charge in [0.05, 0.1) is 38.6 Å².